The zero-order valence-electron chi connectivity index (χ0n) is 7.25. The van der Waals surface area contributed by atoms with Gasteiger partial charge in [-0.2, -0.15) is 13.2 Å². The largest absolute Gasteiger partial charge is 0.451 e. The number of thioether (sulfide) groups is 1. The van der Waals surface area contributed by atoms with Gasteiger partial charge in [0.1, 0.15) is 10.2 Å². The highest BCUT2D eigenvalue weighted by molar-refractivity contribution is 7.99. The van der Waals surface area contributed by atoms with Crippen LogP contribution in [0.15, 0.2) is 11.1 Å². The molecule has 0 unspecified atom stereocenters. The molecule has 3 nitrogen and oxygen atoms in total. The minimum atomic E-state index is -4.61. The van der Waals surface area contributed by atoms with Gasteiger partial charge in [0, 0.05) is 11.8 Å². The highest BCUT2D eigenvalue weighted by Crippen LogP contribution is 2.29. The van der Waals surface area contributed by atoms with E-state index >= 15 is 0 Å². The number of hydrogen-bond acceptors (Lipinski definition) is 4. The molecule has 0 aliphatic heterocycles. The van der Waals surface area contributed by atoms with Crippen molar-refractivity contribution >= 4 is 23.4 Å². The molecule has 0 spiro atoms. The first-order valence-electron chi connectivity index (χ1n) is 3.79. The molecular weight excluding hydrogens is 253 g/mol. The van der Waals surface area contributed by atoms with Crippen molar-refractivity contribution in [3.63, 3.8) is 0 Å². The molecule has 0 fully saturated rings. The van der Waals surface area contributed by atoms with E-state index in [1.807, 2.05) is 0 Å². The average molecular weight is 259 g/mol. The minimum absolute atomic E-state index is 0.0939. The summed E-state index contributed by atoms with van der Waals surface area (Å²) in [7, 11) is 0. The molecule has 0 saturated heterocycles. The van der Waals surface area contributed by atoms with Gasteiger partial charge in [-0.05, 0) is 0 Å². The van der Waals surface area contributed by atoms with E-state index in [1.54, 1.807) is 0 Å². The van der Waals surface area contributed by atoms with Crippen LogP contribution < -0.4 is 0 Å². The fourth-order valence-electron chi connectivity index (χ4n) is 0.748. The number of alkyl halides is 3. The van der Waals surface area contributed by atoms with Crippen LogP contribution >= 0.6 is 23.4 Å². The van der Waals surface area contributed by atoms with Crippen molar-refractivity contribution < 1.29 is 18.3 Å². The van der Waals surface area contributed by atoms with Gasteiger partial charge in [-0.1, -0.05) is 11.6 Å². The van der Waals surface area contributed by atoms with Gasteiger partial charge in [0.25, 0.3) is 0 Å². The zero-order valence-corrected chi connectivity index (χ0v) is 8.83. The van der Waals surface area contributed by atoms with Gasteiger partial charge in [-0.25, -0.2) is 9.97 Å². The molecular formula is C7H6ClF3N2OS. The van der Waals surface area contributed by atoms with Crippen molar-refractivity contribution in [1.29, 1.82) is 0 Å². The summed E-state index contributed by atoms with van der Waals surface area (Å²) in [6.45, 7) is -0.145. The Balaban J connectivity index is 2.95. The van der Waals surface area contributed by atoms with Gasteiger partial charge in [-0.3, -0.25) is 0 Å². The third-order valence-electron chi connectivity index (χ3n) is 1.27. The van der Waals surface area contributed by atoms with Gasteiger partial charge in [0.05, 0.1) is 6.61 Å². The van der Waals surface area contributed by atoms with Gasteiger partial charge < -0.3 is 5.11 Å². The Morgan fingerprint density at radius 1 is 1.40 bits per heavy atom. The lowest BCUT2D eigenvalue weighted by Crippen LogP contribution is -2.11. The Bertz CT molecular complexity index is 347. The molecule has 8 heteroatoms. The molecule has 1 N–H and O–H groups in total. The molecule has 0 bridgehead atoms. The van der Waals surface area contributed by atoms with E-state index < -0.39 is 12.0 Å². The first-order chi connectivity index (χ1) is 6.93. The van der Waals surface area contributed by atoms with Gasteiger partial charge in [0.15, 0.2) is 0 Å². The van der Waals surface area contributed by atoms with Crippen molar-refractivity contribution in [2.75, 3.05) is 12.4 Å². The summed E-state index contributed by atoms with van der Waals surface area (Å²) in [5.74, 6) is -1.01. The van der Waals surface area contributed by atoms with Crippen molar-refractivity contribution in [3.05, 3.63) is 17.0 Å². The molecule has 84 valence electrons. The van der Waals surface area contributed by atoms with Crippen LogP contribution in [0.25, 0.3) is 0 Å². The summed E-state index contributed by atoms with van der Waals surface area (Å²) in [6, 6.07) is 1.22. The minimum Gasteiger partial charge on any atom is -0.396 e. The van der Waals surface area contributed by atoms with E-state index in [4.69, 9.17) is 16.7 Å². The van der Waals surface area contributed by atoms with Crippen molar-refractivity contribution in [1.82, 2.24) is 9.97 Å². The van der Waals surface area contributed by atoms with Crippen LogP contribution in [0, 0.1) is 0 Å². The van der Waals surface area contributed by atoms with Gasteiger partial charge >= 0.3 is 6.18 Å². The topological polar surface area (TPSA) is 46.0 Å². The molecule has 0 aliphatic rings. The maximum atomic E-state index is 12.2. The zero-order chi connectivity index (χ0) is 11.5. The van der Waals surface area contributed by atoms with E-state index in [-0.39, 0.29) is 22.5 Å². The Hall–Kier alpha value is -0.530. The van der Waals surface area contributed by atoms with E-state index in [2.05, 4.69) is 9.97 Å². The SMILES string of the molecule is OCCSc1cc(Cl)nc(C(F)(F)F)n1. The van der Waals surface area contributed by atoms with Crippen LogP contribution in [0.1, 0.15) is 5.82 Å². The molecule has 0 amide bonds. The van der Waals surface area contributed by atoms with Crippen LogP contribution in [0.5, 0.6) is 0 Å². The lowest BCUT2D eigenvalue weighted by Gasteiger charge is -2.06. The predicted molar refractivity (Wildman–Crippen MR) is 49.9 cm³/mol. The molecule has 1 aromatic heterocycles. The summed E-state index contributed by atoms with van der Waals surface area (Å²) >= 11 is 6.39. The number of nitrogens with zero attached hydrogens (tertiary/aromatic N) is 2. The number of halogens is 4. The van der Waals surface area contributed by atoms with Crippen LogP contribution in [0.4, 0.5) is 13.2 Å². The quantitative estimate of drug-likeness (QED) is 0.667. The van der Waals surface area contributed by atoms with E-state index in [9.17, 15) is 13.2 Å². The summed E-state index contributed by atoms with van der Waals surface area (Å²) in [5.41, 5.74) is 0. The third kappa shape index (κ3) is 3.84. The monoisotopic (exact) mass is 258 g/mol. The predicted octanol–water partition coefficient (Wildman–Crippen LogP) is 2.23. The second-order valence-corrected chi connectivity index (χ2v) is 3.92. The van der Waals surface area contributed by atoms with E-state index in [0.717, 1.165) is 11.8 Å². The number of aliphatic hydroxyl groups is 1. The summed E-state index contributed by atoms with van der Waals surface area (Å²) < 4.78 is 36.7. The summed E-state index contributed by atoms with van der Waals surface area (Å²) in [6.07, 6.45) is -4.61. The number of aromatic nitrogens is 2. The summed E-state index contributed by atoms with van der Waals surface area (Å²) in [4.78, 5) is 6.34. The van der Waals surface area contributed by atoms with Crippen molar-refractivity contribution in [2.45, 2.75) is 11.2 Å². The first kappa shape index (κ1) is 12.5. The molecule has 1 rings (SSSR count). The molecule has 1 aromatic rings. The summed E-state index contributed by atoms with van der Waals surface area (Å²) in [5, 5.41) is 8.33. The average Bonchev–Trinajstić information content (AvgIpc) is 2.12. The Morgan fingerprint density at radius 2 is 2.07 bits per heavy atom. The molecule has 0 aliphatic carbocycles. The Labute approximate surface area is 92.7 Å². The number of rotatable bonds is 3. The van der Waals surface area contributed by atoms with Crippen LogP contribution in [0.2, 0.25) is 5.15 Å². The molecule has 0 saturated carbocycles. The molecule has 1 heterocycles. The van der Waals surface area contributed by atoms with E-state index in [0.29, 0.717) is 0 Å². The van der Waals surface area contributed by atoms with Gasteiger partial charge in [-0.15, -0.1) is 11.8 Å². The maximum absolute atomic E-state index is 12.2. The standard InChI is InChI=1S/C7H6ClF3N2OS/c8-4-3-5(15-2-1-14)13-6(12-4)7(9,10)11/h3,14H,1-2H2. The Kier molecular flexibility index (Phi) is 4.18. The molecule has 0 radical (unpaired) electrons. The second-order valence-electron chi connectivity index (χ2n) is 2.42. The van der Waals surface area contributed by atoms with Gasteiger partial charge in [0.2, 0.25) is 5.82 Å². The van der Waals surface area contributed by atoms with Crippen LogP contribution in [0.3, 0.4) is 0 Å². The third-order valence-corrected chi connectivity index (χ3v) is 2.35. The smallest absolute Gasteiger partial charge is 0.396 e. The Morgan fingerprint density at radius 3 is 2.60 bits per heavy atom. The normalized spacial score (nSPS) is 11.8. The van der Waals surface area contributed by atoms with Crippen molar-refractivity contribution in [2.24, 2.45) is 0 Å². The van der Waals surface area contributed by atoms with Crippen LogP contribution in [-0.2, 0) is 6.18 Å². The van der Waals surface area contributed by atoms with E-state index in [1.165, 1.54) is 6.07 Å². The molecule has 0 aromatic carbocycles. The fraction of sp³-hybridized carbons (Fsp3) is 0.429. The molecule has 15 heavy (non-hydrogen) atoms. The maximum Gasteiger partial charge on any atom is 0.451 e. The number of hydrogen-bond donors (Lipinski definition) is 1. The fourth-order valence-corrected chi connectivity index (χ4v) is 1.64. The molecule has 0 atom stereocenters. The first-order valence-corrected chi connectivity index (χ1v) is 5.15. The lowest BCUT2D eigenvalue weighted by atomic mass is 10.5. The van der Waals surface area contributed by atoms with Crippen LogP contribution in [-0.4, -0.2) is 27.4 Å². The highest BCUT2D eigenvalue weighted by Gasteiger charge is 2.35. The van der Waals surface area contributed by atoms with Crippen molar-refractivity contribution in [3.8, 4) is 0 Å². The second kappa shape index (κ2) is 5.00. The highest BCUT2D eigenvalue weighted by atomic mass is 35.5. The number of aliphatic hydroxyl groups excluding tert-OH is 1. The lowest BCUT2D eigenvalue weighted by molar-refractivity contribution is -0.145.